The molecule has 1 aromatic rings. The molecule has 4 amide bonds. The molecule has 3 fully saturated rings. The molecule has 3 saturated heterocycles. The number of hydroxylamine groups is 2. The number of alkyl halides is 3. The first kappa shape index (κ1) is 53.9. The number of imide groups is 1. The minimum atomic E-state index is -4.76. The van der Waals surface area contributed by atoms with Crippen LogP contribution in [0.15, 0.2) is 35.9 Å². The van der Waals surface area contributed by atoms with Crippen LogP contribution in [0.4, 0.5) is 23.7 Å². The fourth-order valence-corrected chi connectivity index (χ4v) is 11.0. The lowest BCUT2D eigenvalue weighted by molar-refractivity contribution is -0.328. The maximum absolute atomic E-state index is 14.6. The fraction of sp³-hybridized carbons (Fsp3) is 0.636. The molecule has 67 heavy (non-hydrogen) atoms. The number of esters is 1. The maximum Gasteiger partial charge on any atom is 0.409 e. The third kappa shape index (κ3) is 13.0. The summed E-state index contributed by atoms with van der Waals surface area (Å²) in [5, 5.41) is 14.8. The van der Waals surface area contributed by atoms with E-state index in [-0.39, 0.29) is 60.7 Å². The Morgan fingerprint density at radius 2 is 1.73 bits per heavy atom. The first-order chi connectivity index (χ1) is 31.3. The Morgan fingerprint density at radius 3 is 2.36 bits per heavy atom. The zero-order chi connectivity index (χ0) is 49.6. The number of methoxy groups -OCH3 is 2. The summed E-state index contributed by atoms with van der Waals surface area (Å²) in [7, 11) is 7.80. The van der Waals surface area contributed by atoms with Gasteiger partial charge in [0.15, 0.2) is 5.72 Å². The van der Waals surface area contributed by atoms with Crippen LogP contribution < -0.4 is 15.0 Å². The van der Waals surface area contributed by atoms with Crippen LogP contribution in [0.3, 0.4) is 0 Å². The number of carbonyl (C=O) groups excluding carboxylic acids is 6. The van der Waals surface area contributed by atoms with Crippen molar-refractivity contribution in [2.24, 2.45) is 0 Å². The molecule has 1 aromatic carbocycles. The van der Waals surface area contributed by atoms with Gasteiger partial charge in [0.1, 0.15) is 52.4 Å². The molecular formula is C44H58ClF3N4O13S2. The van der Waals surface area contributed by atoms with Crippen molar-refractivity contribution in [1.82, 2.24) is 15.3 Å². The van der Waals surface area contributed by atoms with Gasteiger partial charge >= 0.3 is 24.2 Å². The first-order valence-electron chi connectivity index (χ1n) is 21.6. The normalized spacial score (nSPS) is 29.3. The second-order valence-corrected chi connectivity index (χ2v) is 20.6. The summed E-state index contributed by atoms with van der Waals surface area (Å²) in [6.45, 7) is 6.33. The van der Waals surface area contributed by atoms with Crippen molar-refractivity contribution < 1.29 is 75.6 Å². The Kier molecular flexibility index (Phi) is 17.8. The van der Waals surface area contributed by atoms with E-state index in [1.807, 2.05) is 6.92 Å². The summed E-state index contributed by atoms with van der Waals surface area (Å²) in [5.74, 6) is -2.98. The van der Waals surface area contributed by atoms with Gasteiger partial charge in [0.25, 0.3) is 11.8 Å². The number of carbonyl (C=O) groups is 6. The number of rotatable bonds is 15. The van der Waals surface area contributed by atoms with Crippen molar-refractivity contribution in [3.05, 3.63) is 46.5 Å². The van der Waals surface area contributed by atoms with Gasteiger partial charge in [-0.1, -0.05) is 57.0 Å². The van der Waals surface area contributed by atoms with Crippen molar-refractivity contribution in [2.75, 3.05) is 44.7 Å². The van der Waals surface area contributed by atoms with E-state index in [0.717, 1.165) is 28.3 Å². The van der Waals surface area contributed by atoms with E-state index in [1.54, 1.807) is 44.2 Å². The molecule has 0 aromatic heterocycles. The van der Waals surface area contributed by atoms with E-state index in [4.69, 9.17) is 40.1 Å². The van der Waals surface area contributed by atoms with Crippen molar-refractivity contribution in [3.63, 3.8) is 0 Å². The molecule has 23 heteroatoms. The number of fused-ring (bicyclic) bond motifs is 6. The van der Waals surface area contributed by atoms with Crippen LogP contribution in [0, 0.1) is 0 Å². The molecule has 0 saturated carbocycles. The molecule has 6 rings (SSSR count). The lowest BCUT2D eigenvalue weighted by Gasteiger charge is -2.59. The van der Waals surface area contributed by atoms with E-state index in [1.165, 1.54) is 43.9 Å². The first-order valence-corrected chi connectivity index (χ1v) is 24.4. The van der Waals surface area contributed by atoms with Crippen LogP contribution >= 0.6 is 33.2 Å². The van der Waals surface area contributed by atoms with Gasteiger partial charge < -0.3 is 38.5 Å². The van der Waals surface area contributed by atoms with Crippen molar-refractivity contribution in [2.45, 2.75) is 139 Å². The molecule has 5 aliphatic rings. The van der Waals surface area contributed by atoms with E-state index in [2.05, 4.69) is 5.32 Å². The Hall–Kier alpha value is -4.06. The largest absolute Gasteiger partial charge is 0.495 e. The van der Waals surface area contributed by atoms with Gasteiger partial charge in [0.2, 0.25) is 5.91 Å². The van der Waals surface area contributed by atoms with Gasteiger partial charge in [-0.15, -0.1) is 5.06 Å². The lowest BCUT2D eigenvalue weighted by atomic mass is 9.72. The Bertz CT molecular complexity index is 2090. The number of hydrogen-bond donors (Lipinski definition) is 2. The van der Waals surface area contributed by atoms with Crippen LogP contribution in [-0.4, -0.2) is 144 Å². The molecule has 0 spiro atoms. The third-order valence-electron chi connectivity index (χ3n) is 12.3. The van der Waals surface area contributed by atoms with Crippen molar-refractivity contribution >= 4 is 74.6 Å². The smallest absolute Gasteiger partial charge is 0.409 e. The summed E-state index contributed by atoms with van der Waals surface area (Å²) < 4.78 is 73.2. The van der Waals surface area contributed by atoms with Gasteiger partial charge in [0, 0.05) is 57.8 Å². The Balaban J connectivity index is 1.33. The minimum absolute atomic E-state index is 0.00567. The van der Waals surface area contributed by atoms with Crippen LogP contribution in [0.2, 0.25) is 5.02 Å². The minimum Gasteiger partial charge on any atom is -0.495 e. The molecule has 2 N–H and O–H groups in total. The highest BCUT2D eigenvalue weighted by Gasteiger charge is 2.63. The highest BCUT2D eigenvalue weighted by molar-refractivity contribution is 8.76. The Morgan fingerprint density at radius 1 is 1.07 bits per heavy atom. The summed E-state index contributed by atoms with van der Waals surface area (Å²) in [6.07, 6.45) is -4.82. The second kappa shape index (κ2) is 22.1. The summed E-state index contributed by atoms with van der Waals surface area (Å²) in [6, 6.07) is -0.133. The number of benzene rings is 1. The number of hydrogen-bond acceptors (Lipinski definition) is 16. The van der Waals surface area contributed by atoms with Crippen molar-refractivity contribution in [1.29, 1.82) is 0 Å². The molecule has 17 nitrogen and oxygen atoms in total. The monoisotopic (exact) mass is 1010 g/mol. The zero-order valence-corrected chi connectivity index (χ0v) is 41.0. The van der Waals surface area contributed by atoms with E-state index in [9.17, 15) is 47.0 Å². The van der Waals surface area contributed by atoms with Gasteiger partial charge in [-0.3, -0.25) is 29.4 Å². The summed E-state index contributed by atoms with van der Waals surface area (Å²) in [4.78, 5) is 83.7. The molecule has 5 aliphatic heterocycles. The standard InChI is InChI=1S/C44H58ClF3N4O13S2/c1-25-11-9-12-31(61-8)43(59)23-33(63-40(58)49-43)42(4)24-41(3,65-42)32(22-36(55)51(6)28-20-27(19-25)21-29(60-7)38(28)45)62-39(57)26(2)50(5)30(44(46,47)48)16-18-67-66-17-10-13-37(56)64-52-34(53)14-15-35(52)54/h9,11-12,20-21,26,30-33,59H,10,13-19,22-24H2,1-8H3,(H,49,58)/b12-9+,25-11+/t26-,30?,31+,32-,33?,41+,42?,43-/m0/s1. The van der Waals surface area contributed by atoms with E-state index >= 15 is 0 Å². The molecule has 0 radical (unpaired) electrons. The predicted molar refractivity (Wildman–Crippen MR) is 242 cm³/mol. The zero-order valence-electron chi connectivity index (χ0n) is 38.6. The van der Waals surface area contributed by atoms with E-state index in [0.29, 0.717) is 22.8 Å². The fourth-order valence-electron chi connectivity index (χ4n) is 8.53. The number of nitrogens with zero attached hydrogens (tertiary/aromatic N) is 3. The number of anilines is 1. The van der Waals surface area contributed by atoms with Gasteiger partial charge in [-0.05, 0) is 71.7 Å². The quantitative estimate of drug-likeness (QED) is 0.0868. The number of likely N-dealkylation sites (N-methyl/N-ethyl adjacent to an activating group) is 1. The molecule has 8 atom stereocenters. The number of amides is 4. The topological polar surface area (TPSA) is 200 Å². The van der Waals surface area contributed by atoms with Crippen LogP contribution in [-0.2, 0) is 54.2 Å². The Labute approximate surface area is 400 Å². The number of alkyl carbamates (subject to hydrolysis) is 1. The van der Waals surface area contributed by atoms with Crippen LogP contribution in [0.5, 0.6) is 5.75 Å². The molecule has 372 valence electrons. The second-order valence-electron chi connectivity index (χ2n) is 17.5. The molecule has 3 unspecified atom stereocenters. The van der Waals surface area contributed by atoms with E-state index < -0.39 is 102 Å². The highest BCUT2D eigenvalue weighted by atomic mass is 35.5. The van der Waals surface area contributed by atoms with Crippen LogP contribution in [0.25, 0.3) is 0 Å². The number of nitrogens with one attached hydrogen (secondary N) is 1. The molecule has 0 aliphatic carbocycles. The third-order valence-corrected chi connectivity index (χ3v) is 15.2. The van der Waals surface area contributed by atoms with Gasteiger partial charge in [0.05, 0.1) is 19.2 Å². The average Bonchev–Trinajstić information content (AvgIpc) is 3.55. The van der Waals surface area contributed by atoms with Crippen LogP contribution in [0.1, 0.15) is 84.6 Å². The van der Waals surface area contributed by atoms with Gasteiger partial charge in [-0.2, -0.15) is 13.2 Å². The number of allylic oxidation sites excluding steroid dienone is 3. The summed E-state index contributed by atoms with van der Waals surface area (Å²) in [5.41, 5.74) is -2.88. The van der Waals surface area contributed by atoms with Crippen molar-refractivity contribution in [3.8, 4) is 5.75 Å². The number of ether oxygens (including phenoxy) is 5. The SMILES string of the molecule is COc1cc2cc(c1Cl)N(C)C(=O)C[C@H](OC(=O)[C@H](C)N(C)C(CCSSCCCC(=O)ON1C(=O)CCC1=O)C(F)(F)F)[C@@]1(C)CC(C)(O1)C1C[C@@](O)(NC(=O)O1)[C@H](OC)/C=C/C=C(\C)C2. The number of halogens is 4. The lowest BCUT2D eigenvalue weighted by Crippen LogP contribution is -2.72. The molecule has 6 bridgehead atoms. The predicted octanol–water partition coefficient (Wildman–Crippen LogP) is 6.22. The highest BCUT2D eigenvalue weighted by Crippen LogP contribution is 2.51. The number of aliphatic hydroxyl groups is 1. The summed E-state index contributed by atoms with van der Waals surface area (Å²) >= 11 is 6.76. The van der Waals surface area contributed by atoms with Gasteiger partial charge in [-0.25, -0.2) is 9.59 Å². The molecule has 5 heterocycles. The average molecular weight is 1010 g/mol. The molecular weight excluding hydrogens is 949 g/mol. The maximum atomic E-state index is 14.6.